The zero-order chi connectivity index (χ0) is 13.0. The first-order chi connectivity index (χ1) is 8.73. The van der Waals surface area contributed by atoms with Crippen molar-refractivity contribution >= 4 is 12.7 Å². The standard InChI is InChI=1S/C13H18N3OP/c1-3-15(4-2)18(17,16-11-10-14-12-16)13-8-6-5-7-9-13/h5-12H,3-4H2,1-2H3/t18-/m1/s1. The Labute approximate surface area is 108 Å². The molecule has 1 aromatic heterocycles. The van der Waals surface area contributed by atoms with Gasteiger partial charge in [-0.15, -0.1) is 0 Å². The fourth-order valence-corrected chi connectivity index (χ4v) is 4.74. The van der Waals surface area contributed by atoms with Crippen LogP contribution in [0.2, 0.25) is 0 Å². The fraction of sp³-hybridized carbons (Fsp3) is 0.308. The van der Waals surface area contributed by atoms with Crippen LogP contribution in [0.4, 0.5) is 0 Å². The molecule has 0 saturated carbocycles. The molecule has 0 aliphatic heterocycles. The van der Waals surface area contributed by atoms with Crippen LogP contribution in [0, 0.1) is 0 Å². The monoisotopic (exact) mass is 263 g/mol. The third kappa shape index (κ3) is 2.14. The summed E-state index contributed by atoms with van der Waals surface area (Å²) in [4.78, 5) is 4.03. The van der Waals surface area contributed by atoms with Crippen LogP contribution in [0.15, 0.2) is 49.1 Å². The van der Waals surface area contributed by atoms with Crippen molar-refractivity contribution in [1.29, 1.82) is 0 Å². The Kier molecular flexibility index (Phi) is 4.00. The third-order valence-electron chi connectivity index (χ3n) is 3.01. The van der Waals surface area contributed by atoms with Crippen LogP contribution < -0.4 is 5.30 Å². The SMILES string of the molecule is CCN(CC)[P@](=O)(c1ccccc1)n1ccnc1. The first kappa shape index (κ1) is 13.1. The summed E-state index contributed by atoms with van der Waals surface area (Å²) in [5.41, 5.74) is 0. The van der Waals surface area contributed by atoms with Crippen LogP contribution in [-0.4, -0.2) is 27.1 Å². The van der Waals surface area contributed by atoms with E-state index in [9.17, 15) is 4.57 Å². The molecular formula is C13H18N3OP. The highest BCUT2D eigenvalue weighted by Gasteiger charge is 2.32. The van der Waals surface area contributed by atoms with E-state index in [0.717, 1.165) is 18.4 Å². The van der Waals surface area contributed by atoms with E-state index in [-0.39, 0.29) is 0 Å². The molecule has 0 N–H and O–H groups in total. The minimum absolute atomic E-state index is 0.737. The van der Waals surface area contributed by atoms with E-state index in [1.54, 1.807) is 23.1 Å². The lowest BCUT2D eigenvalue weighted by molar-refractivity contribution is 0.443. The Morgan fingerprint density at radius 3 is 2.39 bits per heavy atom. The van der Waals surface area contributed by atoms with Gasteiger partial charge in [0, 0.05) is 30.8 Å². The van der Waals surface area contributed by atoms with Gasteiger partial charge < -0.3 is 0 Å². The molecule has 0 unspecified atom stereocenters. The molecule has 2 aromatic rings. The number of hydrogen-bond donors (Lipinski definition) is 0. The first-order valence-electron chi connectivity index (χ1n) is 6.13. The van der Waals surface area contributed by atoms with Crippen molar-refractivity contribution in [2.75, 3.05) is 13.1 Å². The van der Waals surface area contributed by atoms with Gasteiger partial charge in [0.05, 0.1) is 0 Å². The normalized spacial score (nSPS) is 14.6. The molecule has 1 atom stereocenters. The minimum atomic E-state index is -2.80. The van der Waals surface area contributed by atoms with Crippen molar-refractivity contribution < 1.29 is 4.57 Å². The predicted octanol–water partition coefficient (Wildman–Crippen LogP) is 2.59. The second-order valence-electron chi connectivity index (χ2n) is 3.96. The Morgan fingerprint density at radius 1 is 1.22 bits per heavy atom. The summed E-state index contributed by atoms with van der Waals surface area (Å²) >= 11 is 0. The zero-order valence-corrected chi connectivity index (χ0v) is 11.6. The van der Waals surface area contributed by atoms with Gasteiger partial charge in [0.2, 0.25) is 0 Å². The molecule has 0 radical (unpaired) electrons. The molecule has 18 heavy (non-hydrogen) atoms. The molecule has 96 valence electrons. The third-order valence-corrected chi connectivity index (χ3v) is 6.18. The molecule has 0 saturated heterocycles. The average molecular weight is 263 g/mol. The van der Waals surface area contributed by atoms with E-state index in [1.165, 1.54) is 0 Å². The number of imidazole rings is 1. The van der Waals surface area contributed by atoms with Crippen LogP contribution in [0.1, 0.15) is 13.8 Å². The summed E-state index contributed by atoms with van der Waals surface area (Å²) in [5, 5.41) is 0.840. The molecule has 0 aliphatic carbocycles. The van der Waals surface area contributed by atoms with Crippen molar-refractivity contribution in [3.05, 3.63) is 49.1 Å². The van der Waals surface area contributed by atoms with Crippen molar-refractivity contribution in [2.45, 2.75) is 13.8 Å². The van der Waals surface area contributed by atoms with Gasteiger partial charge in [0.15, 0.2) is 0 Å². The molecule has 0 bridgehead atoms. The highest BCUT2D eigenvalue weighted by Crippen LogP contribution is 2.49. The van der Waals surface area contributed by atoms with Crippen LogP contribution in [0.3, 0.4) is 0 Å². The van der Waals surface area contributed by atoms with E-state index in [1.807, 2.05) is 48.8 Å². The smallest absolute Gasteiger partial charge is 0.273 e. The van der Waals surface area contributed by atoms with Gasteiger partial charge in [-0.1, -0.05) is 32.0 Å². The lowest BCUT2D eigenvalue weighted by atomic mass is 10.4. The maximum Gasteiger partial charge on any atom is 0.273 e. The highest BCUT2D eigenvalue weighted by molar-refractivity contribution is 7.67. The van der Waals surface area contributed by atoms with Gasteiger partial charge >= 0.3 is 0 Å². The summed E-state index contributed by atoms with van der Waals surface area (Å²) < 4.78 is 17.2. The maximum absolute atomic E-state index is 13.5. The van der Waals surface area contributed by atoms with Crippen LogP contribution in [0.5, 0.6) is 0 Å². The Bertz CT molecular complexity index is 520. The van der Waals surface area contributed by atoms with Gasteiger partial charge in [-0.05, 0) is 12.1 Å². The minimum Gasteiger partial charge on any atom is -0.277 e. The predicted molar refractivity (Wildman–Crippen MR) is 74.2 cm³/mol. The van der Waals surface area contributed by atoms with E-state index >= 15 is 0 Å². The van der Waals surface area contributed by atoms with E-state index in [0.29, 0.717) is 0 Å². The van der Waals surface area contributed by atoms with E-state index in [4.69, 9.17) is 0 Å². The zero-order valence-electron chi connectivity index (χ0n) is 10.7. The number of aromatic nitrogens is 2. The van der Waals surface area contributed by atoms with Crippen molar-refractivity contribution in [3.8, 4) is 0 Å². The molecule has 1 aromatic carbocycles. The van der Waals surface area contributed by atoms with Gasteiger partial charge in [0.25, 0.3) is 7.44 Å². The summed E-state index contributed by atoms with van der Waals surface area (Å²) in [6.45, 7) is 5.52. The Hall–Kier alpha value is -1.38. The molecular weight excluding hydrogens is 245 g/mol. The molecule has 4 nitrogen and oxygen atoms in total. The van der Waals surface area contributed by atoms with Crippen LogP contribution in [0.25, 0.3) is 0 Å². The molecule has 0 aliphatic rings. The van der Waals surface area contributed by atoms with Gasteiger partial charge in [-0.3, -0.25) is 8.90 Å². The largest absolute Gasteiger partial charge is 0.277 e. The summed E-state index contributed by atoms with van der Waals surface area (Å²) in [7, 11) is -2.80. The Balaban J connectivity index is 2.58. The second kappa shape index (κ2) is 5.51. The maximum atomic E-state index is 13.5. The summed E-state index contributed by atoms with van der Waals surface area (Å²) in [5.74, 6) is 0. The topological polar surface area (TPSA) is 38.1 Å². The van der Waals surface area contributed by atoms with Crippen molar-refractivity contribution in [2.24, 2.45) is 0 Å². The van der Waals surface area contributed by atoms with Gasteiger partial charge in [-0.25, -0.2) is 9.65 Å². The number of benzene rings is 1. The van der Waals surface area contributed by atoms with Crippen molar-refractivity contribution in [1.82, 2.24) is 14.0 Å². The lowest BCUT2D eigenvalue weighted by Crippen LogP contribution is -2.29. The number of rotatable bonds is 5. The number of nitrogens with zero attached hydrogens (tertiary/aromatic N) is 3. The molecule has 2 rings (SSSR count). The molecule has 0 fully saturated rings. The van der Waals surface area contributed by atoms with Crippen molar-refractivity contribution in [3.63, 3.8) is 0 Å². The average Bonchev–Trinajstić information content (AvgIpc) is 2.95. The Morgan fingerprint density at radius 2 is 1.89 bits per heavy atom. The molecule has 5 heteroatoms. The van der Waals surface area contributed by atoms with E-state index in [2.05, 4.69) is 4.98 Å². The molecule has 0 amide bonds. The van der Waals surface area contributed by atoms with E-state index < -0.39 is 7.44 Å². The van der Waals surface area contributed by atoms with Crippen LogP contribution in [-0.2, 0) is 4.57 Å². The molecule has 0 spiro atoms. The fourth-order valence-electron chi connectivity index (χ4n) is 2.08. The first-order valence-corrected chi connectivity index (χ1v) is 7.74. The summed E-state index contributed by atoms with van der Waals surface area (Å²) in [6.07, 6.45) is 5.07. The van der Waals surface area contributed by atoms with Gasteiger partial charge in [-0.2, -0.15) is 0 Å². The second-order valence-corrected chi connectivity index (χ2v) is 6.59. The summed E-state index contributed by atoms with van der Waals surface area (Å²) in [6, 6.07) is 9.60. The highest BCUT2D eigenvalue weighted by atomic mass is 31.2. The van der Waals surface area contributed by atoms with Gasteiger partial charge in [0.1, 0.15) is 6.33 Å². The van der Waals surface area contributed by atoms with Crippen LogP contribution >= 0.6 is 7.44 Å². The number of hydrogen-bond acceptors (Lipinski definition) is 2. The lowest BCUT2D eigenvalue weighted by Gasteiger charge is -2.30. The quantitative estimate of drug-likeness (QED) is 0.778. The molecule has 1 heterocycles.